The number of halogens is 6. The number of carbonyl (C=O) groups excluding carboxylic acids is 3. The number of urea groups is 1. The van der Waals surface area contributed by atoms with Crippen LogP contribution < -0.4 is 4.90 Å². The summed E-state index contributed by atoms with van der Waals surface area (Å²) in [4.78, 5) is 47.8. The molecule has 2 heterocycles. The molecule has 1 aliphatic heterocycles. The fraction of sp³-hybridized carbons (Fsp3) is 0.217. The molecule has 1 saturated heterocycles. The number of anilines is 1. The van der Waals surface area contributed by atoms with Crippen LogP contribution in [0.1, 0.15) is 12.5 Å². The number of para-hydroxylation sites is 1. The summed E-state index contributed by atoms with van der Waals surface area (Å²) in [7, 11) is 0. The number of pyridine rings is 1. The fourth-order valence-electron chi connectivity index (χ4n) is 3.93. The van der Waals surface area contributed by atoms with Crippen molar-refractivity contribution in [2.45, 2.75) is 36.1 Å². The average Bonchev–Trinajstić information content (AvgIpc) is 2.99. The van der Waals surface area contributed by atoms with Gasteiger partial charge in [-0.2, -0.15) is 31.2 Å². The molecular weight excluding hydrogens is 528 g/mol. The van der Waals surface area contributed by atoms with Gasteiger partial charge >= 0.3 is 29.6 Å². The van der Waals surface area contributed by atoms with Gasteiger partial charge in [0.15, 0.2) is 6.54 Å². The van der Waals surface area contributed by atoms with Crippen LogP contribution in [0, 0.1) is 0 Å². The van der Waals surface area contributed by atoms with Crippen LogP contribution in [0.2, 0.25) is 0 Å². The molecule has 2 aromatic carbocycles. The van der Waals surface area contributed by atoms with Crippen LogP contribution in [0.5, 0.6) is 0 Å². The Hall–Kier alpha value is -3.65. The van der Waals surface area contributed by atoms with Crippen LogP contribution in [0.25, 0.3) is 10.9 Å². The molecule has 1 aromatic heterocycles. The number of thioether (sulfide) groups is 1. The second kappa shape index (κ2) is 9.34. The van der Waals surface area contributed by atoms with E-state index < -0.39 is 58.6 Å². The Morgan fingerprint density at radius 3 is 2.30 bits per heavy atom. The zero-order valence-electron chi connectivity index (χ0n) is 18.7. The van der Waals surface area contributed by atoms with Gasteiger partial charge in [-0.15, -0.1) is 0 Å². The molecule has 0 aliphatic carbocycles. The summed E-state index contributed by atoms with van der Waals surface area (Å²) in [6, 6.07) is 9.11. The number of aromatic nitrogens is 1. The van der Waals surface area contributed by atoms with Gasteiger partial charge in [-0.3, -0.25) is 14.6 Å². The van der Waals surface area contributed by atoms with Crippen molar-refractivity contribution in [3.63, 3.8) is 0 Å². The zero-order valence-corrected chi connectivity index (χ0v) is 19.5. The first kappa shape index (κ1) is 26.4. The smallest absolute Gasteiger partial charge is 0.267 e. The summed E-state index contributed by atoms with van der Waals surface area (Å²) in [6.45, 7) is 0.482. The maximum atomic E-state index is 13.6. The van der Waals surface area contributed by atoms with Gasteiger partial charge in [-0.1, -0.05) is 18.2 Å². The Labute approximate surface area is 209 Å². The number of fused-ring (bicyclic) bond motifs is 1. The fourth-order valence-corrected chi connectivity index (χ4v) is 4.47. The van der Waals surface area contributed by atoms with E-state index in [0.717, 1.165) is 31.2 Å². The first-order valence-corrected chi connectivity index (χ1v) is 11.3. The van der Waals surface area contributed by atoms with E-state index in [4.69, 9.17) is 4.84 Å². The van der Waals surface area contributed by atoms with Crippen molar-refractivity contribution in [1.82, 2.24) is 4.98 Å². The van der Waals surface area contributed by atoms with Gasteiger partial charge in [0.1, 0.15) is 0 Å². The third kappa shape index (κ3) is 5.11. The molecule has 14 heteroatoms. The SMILES string of the molecule is C[C@@H]1C(=O)N(c2ccc(SC(F)(F)F)cc2)C(=O)[N+]1(Cc1ccnc2ccccc12)OC(=O)C(F)(F)F. The second-order valence-corrected chi connectivity index (χ2v) is 9.13. The lowest BCUT2D eigenvalue weighted by molar-refractivity contribution is -1.04. The lowest BCUT2D eigenvalue weighted by Crippen LogP contribution is -2.57. The highest BCUT2D eigenvalue weighted by molar-refractivity contribution is 8.00. The minimum absolute atomic E-state index is 0.198. The third-order valence-corrected chi connectivity index (χ3v) is 6.41. The van der Waals surface area contributed by atoms with E-state index in [1.807, 2.05) is 0 Å². The van der Waals surface area contributed by atoms with E-state index in [1.165, 1.54) is 12.3 Å². The highest BCUT2D eigenvalue weighted by Gasteiger charge is 2.65. The Bertz CT molecular complexity index is 1370. The molecule has 0 spiro atoms. The van der Waals surface area contributed by atoms with Crippen molar-refractivity contribution < 1.29 is 50.2 Å². The molecule has 4 rings (SSSR count). The van der Waals surface area contributed by atoms with E-state index in [2.05, 4.69) is 4.98 Å². The summed E-state index contributed by atoms with van der Waals surface area (Å²) in [5.41, 5.74) is -4.07. The van der Waals surface area contributed by atoms with Crippen LogP contribution in [0.3, 0.4) is 0 Å². The number of rotatable bonds is 5. The molecule has 37 heavy (non-hydrogen) atoms. The van der Waals surface area contributed by atoms with Gasteiger partial charge in [0.05, 0.1) is 11.2 Å². The van der Waals surface area contributed by atoms with Crippen molar-refractivity contribution in [2.24, 2.45) is 0 Å². The quantitative estimate of drug-likeness (QED) is 0.177. The molecule has 0 saturated carbocycles. The van der Waals surface area contributed by atoms with E-state index in [0.29, 0.717) is 15.8 Å². The monoisotopic (exact) mass is 544 g/mol. The van der Waals surface area contributed by atoms with Gasteiger partial charge in [-0.25, -0.2) is 9.59 Å². The number of nitrogens with zero attached hydrogens (tertiary/aromatic N) is 3. The van der Waals surface area contributed by atoms with Crippen LogP contribution in [0.4, 0.5) is 36.8 Å². The second-order valence-electron chi connectivity index (χ2n) is 7.99. The maximum Gasteiger partial charge on any atom is 0.497 e. The van der Waals surface area contributed by atoms with E-state index in [-0.39, 0.29) is 16.1 Å². The number of quaternary nitrogens is 1. The number of alkyl halides is 6. The molecule has 1 aliphatic rings. The Morgan fingerprint density at radius 1 is 1.03 bits per heavy atom. The van der Waals surface area contributed by atoms with Gasteiger partial charge in [-0.05, 0) is 52.8 Å². The van der Waals surface area contributed by atoms with Gasteiger partial charge in [0.25, 0.3) is 0 Å². The number of carbonyl (C=O) groups is 3. The zero-order chi connectivity index (χ0) is 27.2. The van der Waals surface area contributed by atoms with Crippen molar-refractivity contribution in [2.75, 3.05) is 4.90 Å². The molecule has 2 atom stereocenters. The van der Waals surface area contributed by atoms with Gasteiger partial charge in [0.2, 0.25) is 6.04 Å². The lowest BCUT2D eigenvalue weighted by Gasteiger charge is -2.30. The summed E-state index contributed by atoms with van der Waals surface area (Å²) in [5, 5.41) is 0.449. The Kier molecular flexibility index (Phi) is 6.67. The molecule has 0 radical (unpaired) electrons. The minimum Gasteiger partial charge on any atom is -0.267 e. The summed E-state index contributed by atoms with van der Waals surface area (Å²) in [5.74, 6) is -3.69. The molecule has 3 aromatic rings. The predicted molar refractivity (Wildman–Crippen MR) is 119 cm³/mol. The van der Waals surface area contributed by atoms with Crippen LogP contribution in [0.15, 0.2) is 65.7 Å². The van der Waals surface area contributed by atoms with Crippen LogP contribution in [-0.2, 0) is 21.0 Å². The van der Waals surface area contributed by atoms with E-state index in [1.54, 1.807) is 24.3 Å². The standard InChI is InChI=1S/C23H16F6N3O4S/c1-13-19(33)31(15-6-8-16(9-7-15)37-23(27,28)29)21(35)32(13,36-20(34)22(24,25)26)12-14-10-11-30-18-5-3-2-4-17(14)18/h2-11,13H,12H2,1H3/q+1/t13-,32?/m1/s1. The number of hydroxylamine groups is 3. The molecule has 0 bridgehead atoms. The first-order valence-electron chi connectivity index (χ1n) is 10.5. The predicted octanol–water partition coefficient (Wildman–Crippen LogP) is 5.74. The lowest BCUT2D eigenvalue weighted by atomic mass is 10.1. The average molecular weight is 544 g/mol. The number of hydrogen-bond acceptors (Lipinski definition) is 6. The van der Waals surface area contributed by atoms with Crippen molar-refractivity contribution in [1.29, 1.82) is 0 Å². The first-order chi connectivity index (χ1) is 17.2. The van der Waals surface area contributed by atoms with Crippen LogP contribution in [-0.4, -0.2) is 45.3 Å². The van der Waals surface area contributed by atoms with Crippen LogP contribution >= 0.6 is 11.8 Å². The van der Waals surface area contributed by atoms with Crippen molar-refractivity contribution in [3.05, 3.63) is 66.4 Å². The molecule has 1 fully saturated rings. The third-order valence-electron chi connectivity index (χ3n) is 5.67. The molecule has 194 valence electrons. The van der Waals surface area contributed by atoms with E-state index >= 15 is 0 Å². The van der Waals surface area contributed by atoms with Gasteiger partial charge < -0.3 is 0 Å². The topological polar surface area (TPSA) is 76.6 Å². The Morgan fingerprint density at radius 2 is 1.68 bits per heavy atom. The van der Waals surface area contributed by atoms with E-state index in [9.17, 15) is 40.7 Å². The van der Waals surface area contributed by atoms with Crippen molar-refractivity contribution >= 4 is 46.3 Å². The molecule has 0 N–H and O–H groups in total. The molecule has 7 nitrogen and oxygen atoms in total. The molecule has 3 amide bonds. The number of benzene rings is 2. The Balaban J connectivity index is 1.78. The normalized spacial score (nSPS) is 20.5. The maximum absolute atomic E-state index is 13.6. The molecular formula is C23H16F6N3O4S+. The molecule has 1 unspecified atom stereocenters. The highest BCUT2D eigenvalue weighted by Crippen LogP contribution is 2.40. The highest BCUT2D eigenvalue weighted by atomic mass is 32.2. The number of hydrogen-bond donors (Lipinski definition) is 0. The van der Waals surface area contributed by atoms with Crippen molar-refractivity contribution in [3.8, 4) is 0 Å². The minimum atomic E-state index is -5.47. The summed E-state index contributed by atoms with van der Waals surface area (Å²) < 4.78 is 75.9. The van der Waals surface area contributed by atoms with Gasteiger partial charge in [0, 0.05) is 29.0 Å². The summed E-state index contributed by atoms with van der Waals surface area (Å²) in [6.07, 6.45) is -4.12. The number of imide groups is 1. The summed E-state index contributed by atoms with van der Waals surface area (Å²) >= 11 is -0.425. The largest absolute Gasteiger partial charge is 0.497 e. The number of amides is 3.